The van der Waals surface area contributed by atoms with E-state index in [2.05, 4.69) is 0 Å². The normalized spacial score (nSPS) is 53.4. The molecule has 0 aromatic carbocycles. The highest BCUT2D eigenvalue weighted by Crippen LogP contribution is 2.72. The van der Waals surface area contributed by atoms with E-state index in [9.17, 15) is 19.8 Å². The van der Waals surface area contributed by atoms with Crippen LogP contribution in [0, 0.1) is 22.7 Å². The van der Waals surface area contributed by atoms with Gasteiger partial charge in [0.05, 0.1) is 6.10 Å². The summed E-state index contributed by atoms with van der Waals surface area (Å²) in [6, 6.07) is 0. The maximum atomic E-state index is 17.0. The predicted molar refractivity (Wildman–Crippen MR) is 104 cm³/mol. The number of ketones is 1. The van der Waals surface area contributed by atoms with Gasteiger partial charge in [0.1, 0.15) is 6.10 Å². The van der Waals surface area contributed by atoms with E-state index in [1.165, 1.54) is 12.2 Å². The highest BCUT2D eigenvalue weighted by Gasteiger charge is 2.80. The van der Waals surface area contributed by atoms with E-state index in [4.69, 9.17) is 9.47 Å². The van der Waals surface area contributed by atoms with Crippen molar-refractivity contribution in [1.29, 1.82) is 0 Å². The second kappa shape index (κ2) is 5.61. The molecule has 0 spiro atoms. The first-order valence-corrected chi connectivity index (χ1v) is 10.7. The van der Waals surface area contributed by atoms with Crippen LogP contribution in [-0.4, -0.2) is 51.2 Å². The van der Waals surface area contributed by atoms with Gasteiger partial charge in [-0.15, -0.1) is 0 Å². The number of hydrogen-bond acceptors (Lipinski definition) is 5. The van der Waals surface area contributed by atoms with Crippen molar-refractivity contribution in [2.45, 2.75) is 82.6 Å². The van der Waals surface area contributed by atoms with E-state index in [1.807, 2.05) is 6.92 Å². The number of aliphatic hydroxyl groups is 1. The molecule has 30 heavy (non-hydrogen) atoms. The lowest BCUT2D eigenvalue weighted by atomic mass is 9.45. The molecule has 1 heterocycles. The fourth-order valence-electron chi connectivity index (χ4n) is 7.68. The summed E-state index contributed by atoms with van der Waals surface area (Å²) in [4.78, 5) is 24.5. The van der Waals surface area contributed by atoms with Gasteiger partial charge in [-0.2, -0.15) is 0 Å². The molecular weight excluding hydrogens is 391 g/mol. The van der Waals surface area contributed by atoms with Crippen molar-refractivity contribution in [3.63, 3.8) is 0 Å². The second-order valence-electron chi connectivity index (χ2n) is 10.6. The summed E-state index contributed by atoms with van der Waals surface area (Å²) < 4.78 is 29.1. The predicted octanol–water partition coefficient (Wildman–Crippen LogP) is 2.94. The lowest BCUT2D eigenvalue weighted by Crippen LogP contribution is -2.69. The van der Waals surface area contributed by atoms with E-state index in [-0.39, 0.29) is 18.1 Å². The fourth-order valence-corrected chi connectivity index (χ4v) is 7.68. The van der Waals surface area contributed by atoms with Crippen LogP contribution in [0.4, 0.5) is 4.39 Å². The molecule has 3 saturated carbocycles. The van der Waals surface area contributed by atoms with Gasteiger partial charge in [0.25, 0.3) is 0 Å². The first-order valence-electron chi connectivity index (χ1n) is 10.7. The molecule has 4 aliphatic carbocycles. The van der Waals surface area contributed by atoms with Crippen molar-refractivity contribution in [1.82, 2.24) is 0 Å². The molecule has 8 atom stereocenters. The smallest absolute Gasteiger partial charge is 0.339 e. The number of carboxylic acids is 1. The molecule has 0 aromatic rings. The number of aliphatic hydroxyl groups excluding tert-OH is 1. The van der Waals surface area contributed by atoms with E-state index in [0.717, 1.165) is 0 Å². The minimum absolute atomic E-state index is 0.0441. The molecule has 0 bridgehead atoms. The van der Waals surface area contributed by atoms with Gasteiger partial charge in [-0.3, -0.25) is 4.79 Å². The van der Waals surface area contributed by atoms with Crippen LogP contribution in [0.2, 0.25) is 0 Å². The molecule has 4 fully saturated rings. The molecule has 0 radical (unpaired) electrons. The summed E-state index contributed by atoms with van der Waals surface area (Å²) >= 11 is 0. The minimum Gasteiger partial charge on any atom is -0.479 e. The molecule has 5 aliphatic rings. The monoisotopic (exact) mass is 420 g/mol. The number of halogens is 1. The number of alkyl halides is 1. The molecule has 1 saturated heterocycles. The molecule has 0 unspecified atom stereocenters. The van der Waals surface area contributed by atoms with Crippen LogP contribution in [0.15, 0.2) is 23.8 Å². The van der Waals surface area contributed by atoms with Gasteiger partial charge in [-0.25, -0.2) is 9.18 Å². The third kappa shape index (κ3) is 2.04. The SMILES string of the molecule is CC1(C)O[C@@H]2C[C@@H]3[C@@H]4CCC5=CC(=O)C=C[C@]5(C)[C@@]4(F)[C@H](O)C[C@]3(C)[C@]2(C(=O)O)O1. The number of fused-ring (bicyclic) bond motifs is 7. The van der Waals surface area contributed by atoms with Crippen molar-refractivity contribution in [3.8, 4) is 0 Å². The Morgan fingerprint density at radius 1 is 1.23 bits per heavy atom. The third-order valence-electron chi connectivity index (χ3n) is 8.95. The van der Waals surface area contributed by atoms with Crippen LogP contribution in [-0.2, 0) is 19.1 Å². The topological polar surface area (TPSA) is 93.1 Å². The summed E-state index contributed by atoms with van der Waals surface area (Å²) in [5.41, 5.74) is -5.00. The standard InChI is InChI=1S/C23H29FO6/c1-19(2)29-17-10-15-14-6-5-12-9-13(25)7-8-20(12,3)22(14,24)16(26)11-21(15,4)23(17,30-19)18(27)28/h7-9,14-17,26H,5-6,10-11H2,1-4H3,(H,27,28)/t14-,15+,16+,17+,20-,21-,22-,23-/m0/s1. The Morgan fingerprint density at radius 3 is 2.60 bits per heavy atom. The largest absolute Gasteiger partial charge is 0.479 e. The molecular formula is C23H29FO6. The summed E-state index contributed by atoms with van der Waals surface area (Å²) in [5.74, 6) is -3.24. The van der Waals surface area contributed by atoms with Gasteiger partial charge in [-0.1, -0.05) is 18.6 Å². The number of rotatable bonds is 1. The number of carbonyl (C=O) groups excluding carboxylic acids is 1. The van der Waals surface area contributed by atoms with Crippen molar-refractivity contribution >= 4 is 11.8 Å². The molecule has 0 aromatic heterocycles. The molecule has 164 valence electrons. The van der Waals surface area contributed by atoms with Crippen molar-refractivity contribution < 1.29 is 33.7 Å². The number of hydrogen-bond donors (Lipinski definition) is 2. The number of carbonyl (C=O) groups is 2. The summed E-state index contributed by atoms with van der Waals surface area (Å²) in [5, 5.41) is 21.6. The molecule has 6 nitrogen and oxygen atoms in total. The van der Waals surface area contributed by atoms with Gasteiger partial charge < -0.3 is 19.7 Å². The fraction of sp³-hybridized carbons (Fsp3) is 0.739. The van der Waals surface area contributed by atoms with Crippen LogP contribution in [0.5, 0.6) is 0 Å². The highest BCUT2D eigenvalue weighted by molar-refractivity contribution is 6.01. The minimum atomic E-state index is -1.99. The van der Waals surface area contributed by atoms with Crippen LogP contribution in [0.25, 0.3) is 0 Å². The summed E-state index contributed by atoms with van der Waals surface area (Å²) in [6.45, 7) is 6.94. The van der Waals surface area contributed by atoms with Gasteiger partial charge in [0.15, 0.2) is 22.8 Å². The Morgan fingerprint density at radius 2 is 1.93 bits per heavy atom. The van der Waals surface area contributed by atoms with Crippen LogP contribution < -0.4 is 0 Å². The zero-order valence-electron chi connectivity index (χ0n) is 17.8. The van der Waals surface area contributed by atoms with Gasteiger partial charge in [0.2, 0.25) is 0 Å². The van der Waals surface area contributed by atoms with Gasteiger partial charge in [0, 0.05) is 16.7 Å². The molecule has 0 amide bonds. The van der Waals surface area contributed by atoms with Gasteiger partial charge in [-0.05, 0) is 64.5 Å². The molecule has 2 N–H and O–H groups in total. The van der Waals surface area contributed by atoms with E-state index < -0.39 is 52.0 Å². The number of aliphatic carboxylic acids is 1. The summed E-state index contributed by atoms with van der Waals surface area (Å²) in [6.07, 6.45) is 3.69. The van der Waals surface area contributed by atoms with E-state index in [0.29, 0.717) is 24.8 Å². The Kier molecular flexibility index (Phi) is 3.81. The molecule has 7 heteroatoms. The molecule has 5 rings (SSSR count). The second-order valence-corrected chi connectivity index (χ2v) is 10.6. The first kappa shape index (κ1) is 20.3. The maximum absolute atomic E-state index is 17.0. The van der Waals surface area contributed by atoms with Gasteiger partial charge >= 0.3 is 5.97 Å². The molecule has 1 aliphatic heterocycles. The average molecular weight is 420 g/mol. The van der Waals surface area contributed by atoms with Crippen LogP contribution >= 0.6 is 0 Å². The van der Waals surface area contributed by atoms with Crippen molar-refractivity contribution in [2.75, 3.05) is 0 Å². The quantitative estimate of drug-likeness (QED) is 0.678. The average Bonchev–Trinajstić information content (AvgIpc) is 3.04. The lowest BCUT2D eigenvalue weighted by Gasteiger charge is -2.62. The Balaban J connectivity index is 1.64. The zero-order valence-corrected chi connectivity index (χ0v) is 17.8. The number of carboxylic acid groups (broad SMARTS) is 1. The Hall–Kier alpha value is -1.57. The lowest BCUT2D eigenvalue weighted by molar-refractivity contribution is -0.251. The third-order valence-corrected chi connectivity index (χ3v) is 8.95. The van der Waals surface area contributed by atoms with Crippen molar-refractivity contribution in [2.24, 2.45) is 22.7 Å². The number of allylic oxidation sites excluding steroid dienone is 4. The Labute approximate surface area is 175 Å². The van der Waals surface area contributed by atoms with E-state index in [1.54, 1.807) is 26.8 Å². The first-order chi connectivity index (χ1) is 13.8. The van der Waals surface area contributed by atoms with Crippen LogP contribution in [0.1, 0.15) is 53.4 Å². The summed E-state index contributed by atoms with van der Waals surface area (Å²) in [7, 11) is 0. The van der Waals surface area contributed by atoms with Crippen LogP contribution in [0.3, 0.4) is 0 Å². The Bertz CT molecular complexity index is 909. The maximum Gasteiger partial charge on any atom is 0.339 e. The van der Waals surface area contributed by atoms with Crippen molar-refractivity contribution in [3.05, 3.63) is 23.8 Å². The zero-order chi connectivity index (χ0) is 21.9. The number of ether oxygens (including phenoxy) is 2. The highest BCUT2D eigenvalue weighted by atomic mass is 19.1. The van der Waals surface area contributed by atoms with E-state index >= 15 is 4.39 Å².